The molecule has 144 valence electrons. The van der Waals surface area contributed by atoms with Gasteiger partial charge in [0.15, 0.2) is 0 Å². The zero-order valence-corrected chi connectivity index (χ0v) is 16.1. The third-order valence-corrected chi connectivity index (χ3v) is 4.35. The quantitative estimate of drug-likeness (QED) is 0.627. The molecule has 0 atom stereocenters. The molecule has 3 rings (SSSR count). The van der Waals surface area contributed by atoms with Crippen LogP contribution in [0.2, 0.25) is 5.02 Å². The number of nitrogens with one attached hydrogen (secondary N) is 2. The van der Waals surface area contributed by atoms with Gasteiger partial charge in [0.2, 0.25) is 0 Å². The summed E-state index contributed by atoms with van der Waals surface area (Å²) in [5.41, 5.74) is 1.86. The van der Waals surface area contributed by atoms with E-state index >= 15 is 0 Å². The lowest BCUT2D eigenvalue weighted by Crippen LogP contribution is -2.27. The molecule has 5 nitrogen and oxygen atoms in total. The third-order valence-electron chi connectivity index (χ3n) is 4.10. The Hall–Kier alpha value is -2.99. The maximum absolute atomic E-state index is 13.6. The molecule has 0 aliphatic heterocycles. The highest BCUT2D eigenvalue weighted by atomic mass is 35.5. The number of hydrogen-bond donors (Lipinski definition) is 2. The van der Waals surface area contributed by atoms with Crippen LogP contribution in [0.3, 0.4) is 0 Å². The summed E-state index contributed by atoms with van der Waals surface area (Å²) in [5, 5.41) is 6.63. The summed E-state index contributed by atoms with van der Waals surface area (Å²) in [6.07, 6.45) is 0.407. The van der Waals surface area contributed by atoms with Crippen molar-refractivity contribution >= 4 is 23.3 Å². The van der Waals surface area contributed by atoms with Gasteiger partial charge in [-0.1, -0.05) is 41.9 Å². The molecule has 2 aromatic carbocycles. The van der Waals surface area contributed by atoms with Gasteiger partial charge in [-0.3, -0.25) is 4.79 Å². The number of carbonyl (C=O) groups excluding carboxylic acids is 1. The van der Waals surface area contributed by atoms with Crippen molar-refractivity contribution in [2.45, 2.75) is 19.9 Å². The molecule has 0 fully saturated rings. The summed E-state index contributed by atoms with van der Waals surface area (Å²) in [7, 11) is 0. The summed E-state index contributed by atoms with van der Waals surface area (Å²) in [6.45, 7) is 2.59. The van der Waals surface area contributed by atoms with E-state index in [2.05, 4.69) is 20.6 Å². The molecule has 0 unspecified atom stereocenters. The number of nitrogens with zero attached hydrogens (tertiary/aromatic N) is 2. The molecule has 0 spiro atoms. The molecule has 0 aliphatic rings. The van der Waals surface area contributed by atoms with Crippen molar-refractivity contribution in [3.05, 3.63) is 88.1 Å². The van der Waals surface area contributed by atoms with E-state index in [0.717, 1.165) is 5.56 Å². The Morgan fingerprint density at radius 1 is 1.11 bits per heavy atom. The average molecular weight is 399 g/mol. The van der Waals surface area contributed by atoms with Crippen LogP contribution in [0.15, 0.2) is 54.6 Å². The summed E-state index contributed by atoms with van der Waals surface area (Å²) in [5.74, 6) is 0.446. The minimum Gasteiger partial charge on any atom is -0.366 e. The van der Waals surface area contributed by atoms with Crippen LogP contribution in [-0.4, -0.2) is 22.4 Å². The number of benzene rings is 2. The van der Waals surface area contributed by atoms with Crippen LogP contribution in [-0.2, 0) is 13.0 Å². The Kier molecular flexibility index (Phi) is 6.55. The Labute approximate surface area is 168 Å². The van der Waals surface area contributed by atoms with Gasteiger partial charge in [0.05, 0.1) is 0 Å². The zero-order valence-electron chi connectivity index (χ0n) is 15.4. The van der Waals surface area contributed by atoms with Crippen LogP contribution in [0.1, 0.15) is 27.4 Å². The summed E-state index contributed by atoms with van der Waals surface area (Å²) >= 11 is 5.89. The van der Waals surface area contributed by atoms with Gasteiger partial charge in [-0.2, -0.15) is 0 Å². The smallest absolute Gasteiger partial charge is 0.270 e. The lowest BCUT2D eigenvalue weighted by atomic mass is 10.1. The van der Waals surface area contributed by atoms with E-state index in [1.54, 1.807) is 31.2 Å². The fourth-order valence-corrected chi connectivity index (χ4v) is 2.80. The molecular formula is C21H20ClFN4O. The van der Waals surface area contributed by atoms with Crippen molar-refractivity contribution in [1.29, 1.82) is 0 Å². The van der Waals surface area contributed by atoms with Crippen molar-refractivity contribution in [3.8, 4) is 0 Å². The van der Waals surface area contributed by atoms with Gasteiger partial charge >= 0.3 is 0 Å². The van der Waals surface area contributed by atoms with Crippen molar-refractivity contribution in [2.75, 3.05) is 11.9 Å². The van der Waals surface area contributed by atoms with Crippen molar-refractivity contribution in [3.63, 3.8) is 0 Å². The second kappa shape index (κ2) is 9.28. The average Bonchev–Trinajstić information content (AvgIpc) is 2.68. The maximum Gasteiger partial charge on any atom is 0.270 e. The maximum atomic E-state index is 13.6. The fraction of sp³-hybridized carbons (Fsp3) is 0.190. The Bertz CT molecular complexity index is 963. The number of rotatable bonds is 7. The lowest BCUT2D eigenvalue weighted by molar-refractivity contribution is 0.0948. The van der Waals surface area contributed by atoms with Crippen LogP contribution in [0, 0.1) is 12.7 Å². The predicted octanol–water partition coefficient (Wildman–Crippen LogP) is 4.16. The first-order valence-corrected chi connectivity index (χ1v) is 9.24. The highest BCUT2D eigenvalue weighted by Gasteiger charge is 2.11. The Balaban J connectivity index is 1.59. The molecular weight excluding hydrogens is 379 g/mol. The summed E-state index contributed by atoms with van der Waals surface area (Å²) < 4.78 is 13.6. The van der Waals surface area contributed by atoms with Gasteiger partial charge in [-0.05, 0) is 42.7 Å². The van der Waals surface area contributed by atoms with Crippen molar-refractivity contribution in [2.24, 2.45) is 0 Å². The topological polar surface area (TPSA) is 66.9 Å². The van der Waals surface area contributed by atoms with E-state index in [1.807, 2.05) is 24.3 Å². The van der Waals surface area contributed by atoms with Gasteiger partial charge in [0, 0.05) is 24.2 Å². The summed E-state index contributed by atoms with van der Waals surface area (Å²) in [6, 6.07) is 15.6. The molecule has 0 aliphatic carbocycles. The SMILES string of the molecule is Cc1nc(NCc2ccc(Cl)cc2)cc(C(=O)NCCc2ccccc2F)n1. The minimum absolute atomic E-state index is 0.264. The molecule has 2 N–H and O–H groups in total. The molecule has 0 radical (unpaired) electrons. The van der Waals surface area contributed by atoms with Gasteiger partial charge in [-0.15, -0.1) is 0 Å². The van der Waals surface area contributed by atoms with Gasteiger partial charge < -0.3 is 10.6 Å². The lowest BCUT2D eigenvalue weighted by Gasteiger charge is -2.10. The van der Waals surface area contributed by atoms with Crippen LogP contribution >= 0.6 is 11.6 Å². The van der Waals surface area contributed by atoms with E-state index in [9.17, 15) is 9.18 Å². The first-order valence-electron chi connectivity index (χ1n) is 8.87. The van der Waals surface area contributed by atoms with Crippen molar-refractivity contribution < 1.29 is 9.18 Å². The second-order valence-corrected chi connectivity index (χ2v) is 6.70. The van der Waals surface area contributed by atoms with Gasteiger partial charge in [-0.25, -0.2) is 14.4 Å². The molecule has 7 heteroatoms. The number of aryl methyl sites for hydroxylation is 1. The first kappa shape index (κ1) is 19.8. The van der Waals surface area contributed by atoms with Gasteiger partial charge in [0.1, 0.15) is 23.2 Å². The van der Waals surface area contributed by atoms with Crippen LogP contribution in [0.25, 0.3) is 0 Å². The number of aromatic nitrogens is 2. The Morgan fingerprint density at radius 2 is 1.86 bits per heavy atom. The highest BCUT2D eigenvalue weighted by Crippen LogP contribution is 2.12. The number of hydrogen-bond acceptors (Lipinski definition) is 4. The molecule has 0 saturated heterocycles. The number of amides is 1. The molecule has 0 saturated carbocycles. The molecule has 28 heavy (non-hydrogen) atoms. The monoisotopic (exact) mass is 398 g/mol. The van der Waals surface area contributed by atoms with Crippen LogP contribution in [0.5, 0.6) is 0 Å². The third kappa shape index (κ3) is 5.50. The van der Waals surface area contributed by atoms with E-state index in [4.69, 9.17) is 11.6 Å². The molecule has 0 bridgehead atoms. The normalized spacial score (nSPS) is 10.5. The fourth-order valence-electron chi connectivity index (χ4n) is 2.67. The number of carbonyl (C=O) groups is 1. The zero-order chi connectivity index (χ0) is 19.9. The molecule has 1 heterocycles. The highest BCUT2D eigenvalue weighted by molar-refractivity contribution is 6.30. The van der Waals surface area contributed by atoms with E-state index in [1.165, 1.54) is 6.07 Å². The second-order valence-electron chi connectivity index (χ2n) is 6.26. The minimum atomic E-state index is -0.323. The van der Waals surface area contributed by atoms with Crippen LogP contribution < -0.4 is 10.6 Å². The first-order chi connectivity index (χ1) is 13.5. The van der Waals surface area contributed by atoms with E-state index in [-0.39, 0.29) is 17.4 Å². The largest absolute Gasteiger partial charge is 0.366 e. The summed E-state index contributed by atoms with van der Waals surface area (Å²) in [4.78, 5) is 20.9. The molecule has 3 aromatic rings. The van der Waals surface area contributed by atoms with Crippen molar-refractivity contribution in [1.82, 2.24) is 15.3 Å². The van der Waals surface area contributed by atoms with E-state index in [0.29, 0.717) is 41.7 Å². The van der Waals surface area contributed by atoms with E-state index < -0.39 is 0 Å². The standard InChI is InChI=1S/C21H20ClFN4O/c1-14-26-19(21(28)24-11-10-16-4-2-3-5-18(16)23)12-20(27-14)25-13-15-6-8-17(22)9-7-15/h2-9,12H,10-11,13H2,1H3,(H,24,28)(H,25,26,27). The number of anilines is 1. The predicted molar refractivity (Wildman–Crippen MR) is 108 cm³/mol. The molecule has 1 amide bonds. The van der Waals surface area contributed by atoms with Crippen LogP contribution in [0.4, 0.5) is 10.2 Å². The Morgan fingerprint density at radius 3 is 2.61 bits per heavy atom. The number of halogens is 2. The van der Waals surface area contributed by atoms with Gasteiger partial charge in [0.25, 0.3) is 5.91 Å². The molecule has 1 aromatic heterocycles.